The van der Waals surface area contributed by atoms with Gasteiger partial charge in [-0.3, -0.25) is 5.10 Å². The molecule has 156 valence electrons. The SMILES string of the molecule is CC(C)NS(=O)(=O)COc1ccc(-c2n[nH]c(Nc3ccc4[nH]ncc4c3)n2)cc1. The first-order chi connectivity index (χ1) is 14.4. The molecule has 4 aromatic rings. The van der Waals surface area contributed by atoms with Crippen LogP contribution in [0.3, 0.4) is 0 Å². The third-order valence-electron chi connectivity index (χ3n) is 4.10. The van der Waals surface area contributed by atoms with Crippen molar-refractivity contribution in [2.45, 2.75) is 19.9 Å². The molecule has 0 saturated carbocycles. The Kier molecular flexibility index (Phi) is 5.38. The zero-order valence-corrected chi connectivity index (χ0v) is 17.2. The Bertz CT molecular complexity index is 1250. The van der Waals surface area contributed by atoms with Gasteiger partial charge in [0.1, 0.15) is 5.75 Å². The molecule has 0 aliphatic heterocycles. The summed E-state index contributed by atoms with van der Waals surface area (Å²) in [6, 6.07) is 12.5. The third-order valence-corrected chi connectivity index (χ3v) is 5.36. The number of hydrogen-bond donors (Lipinski definition) is 4. The monoisotopic (exact) mass is 427 g/mol. The van der Waals surface area contributed by atoms with Crippen molar-refractivity contribution < 1.29 is 13.2 Å². The summed E-state index contributed by atoms with van der Waals surface area (Å²) in [6.07, 6.45) is 1.75. The summed E-state index contributed by atoms with van der Waals surface area (Å²) in [4.78, 5) is 4.44. The highest BCUT2D eigenvalue weighted by Gasteiger charge is 2.13. The van der Waals surface area contributed by atoms with Crippen LogP contribution in [0.25, 0.3) is 22.3 Å². The Morgan fingerprint density at radius 2 is 1.90 bits per heavy atom. The number of H-pyrrole nitrogens is 2. The minimum absolute atomic E-state index is 0.184. The van der Waals surface area contributed by atoms with Crippen LogP contribution in [-0.4, -0.2) is 45.8 Å². The smallest absolute Gasteiger partial charge is 0.247 e. The van der Waals surface area contributed by atoms with Crippen LogP contribution in [0.4, 0.5) is 11.6 Å². The zero-order chi connectivity index (χ0) is 21.1. The molecule has 0 bridgehead atoms. The average Bonchev–Trinajstić information content (AvgIpc) is 3.35. The molecule has 2 heterocycles. The second-order valence-corrected chi connectivity index (χ2v) is 8.68. The minimum Gasteiger partial charge on any atom is -0.476 e. The Labute approximate surface area is 173 Å². The van der Waals surface area contributed by atoms with Crippen molar-refractivity contribution in [2.24, 2.45) is 0 Å². The van der Waals surface area contributed by atoms with Crippen LogP contribution in [-0.2, 0) is 10.0 Å². The number of nitrogens with one attached hydrogen (secondary N) is 4. The lowest BCUT2D eigenvalue weighted by Gasteiger charge is -2.10. The van der Waals surface area contributed by atoms with Crippen LogP contribution >= 0.6 is 0 Å². The first-order valence-electron chi connectivity index (χ1n) is 9.24. The summed E-state index contributed by atoms with van der Waals surface area (Å²) in [7, 11) is -3.49. The number of ether oxygens (including phenoxy) is 1. The lowest BCUT2D eigenvalue weighted by Crippen LogP contribution is -2.33. The summed E-state index contributed by atoms with van der Waals surface area (Å²) in [6.45, 7) is 3.50. The highest BCUT2D eigenvalue weighted by molar-refractivity contribution is 7.89. The van der Waals surface area contributed by atoms with E-state index in [0.29, 0.717) is 17.5 Å². The lowest BCUT2D eigenvalue weighted by molar-refractivity contribution is 0.373. The van der Waals surface area contributed by atoms with Gasteiger partial charge < -0.3 is 10.1 Å². The molecule has 2 aromatic heterocycles. The van der Waals surface area contributed by atoms with Crippen molar-refractivity contribution in [3.05, 3.63) is 48.7 Å². The first-order valence-corrected chi connectivity index (χ1v) is 10.9. The van der Waals surface area contributed by atoms with Crippen LogP contribution in [0.15, 0.2) is 48.7 Å². The van der Waals surface area contributed by atoms with E-state index < -0.39 is 16.0 Å². The average molecular weight is 427 g/mol. The molecule has 10 nitrogen and oxygen atoms in total. The van der Waals surface area contributed by atoms with Crippen LogP contribution in [0.5, 0.6) is 5.75 Å². The van der Waals surface area contributed by atoms with Gasteiger partial charge in [0.2, 0.25) is 21.9 Å². The Hall–Kier alpha value is -3.44. The molecule has 0 unspecified atom stereocenters. The van der Waals surface area contributed by atoms with Crippen LogP contribution in [0.1, 0.15) is 13.8 Å². The predicted octanol–water partition coefficient (Wildman–Crippen LogP) is 2.76. The number of hydrogen-bond acceptors (Lipinski definition) is 7. The maximum atomic E-state index is 11.8. The summed E-state index contributed by atoms with van der Waals surface area (Å²) in [5.41, 5.74) is 2.57. The van der Waals surface area contributed by atoms with Gasteiger partial charge in [0.25, 0.3) is 0 Å². The third kappa shape index (κ3) is 4.75. The molecule has 0 fully saturated rings. The zero-order valence-electron chi connectivity index (χ0n) is 16.4. The predicted molar refractivity (Wildman–Crippen MR) is 114 cm³/mol. The van der Waals surface area contributed by atoms with Gasteiger partial charge in [0, 0.05) is 22.7 Å². The standard InChI is InChI=1S/C19H21N7O3S/c1-12(2)26-30(27,28)11-29-16-6-3-13(4-7-16)18-22-19(25-24-18)21-15-5-8-17-14(9-15)10-20-23-17/h3-10,12,26H,11H2,1-2H3,(H,20,23)(H2,21,22,24,25). The van der Waals surface area contributed by atoms with Crippen molar-refractivity contribution in [3.8, 4) is 17.1 Å². The number of aromatic nitrogens is 5. The van der Waals surface area contributed by atoms with E-state index in [2.05, 4.69) is 35.4 Å². The molecule has 4 rings (SSSR count). The normalized spacial score (nSPS) is 11.8. The van der Waals surface area contributed by atoms with E-state index >= 15 is 0 Å². The number of aromatic amines is 2. The van der Waals surface area contributed by atoms with E-state index in [1.54, 1.807) is 44.3 Å². The lowest BCUT2D eigenvalue weighted by atomic mass is 10.2. The van der Waals surface area contributed by atoms with Gasteiger partial charge in [-0.1, -0.05) is 0 Å². The number of rotatable bonds is 8. The fourth-order valence-corrected chi connectivity index (χ4v) is 3.92. The Morgan fingerprint density at radius 3 is 2.67 bits per heavy atom. The Morgan fingerprint density at radius 1 is 1.10 bits per heavy atom. The fourth-order valence-electron chi connectivity index (χ4n) is 2.84. The van der Waals surface area contributed by atoms with Gasteiger partial charge in [0.05, 0.1) is 11.7 Å². The van der Waals surface area contributed by atoms with Crippen molar-refractivity contribution in [3.63, 3.8) is 0 Å². The van der Waals surface area contributed by atoms with Crippen LogP contribution < -0.4 is 14.8 Å². The quantitative estimate of drug-likeness (QED) is 0.339. The van der Waals surface area contributed by atoms with Crippen molar-refractivity contribution in [2.75, 3.05) is 11.3 Å². The molecule has 30 heavy (non-hydrogen) atoms. The van der Waals surface area contributed by atoms with Gasteiger partial charge in [-0.15, -0.1) is 0 Å². The molecule has 0 saturated heterocycles. The van der Waals surface area contributed by atoms with Crippen molar-refractivity contribution in [1.82, 2.24) is 30.1 Å². The van der Waals surface area contributed by atoms with Gasteiger partial charge in [0.15, 0.2) is 5.82 Å². The summed E-state index contributed by atoms with van der Waals surface area (Å²) < 4.78 is 31.5. The highest BCUT2D eigenvalue weighted by Crippen LogP contribution is 2.23. The van der Waals surface area contributed by atoms with E-state index in [0.717, 1.165) is 22.2 Å². The van der Waals surface area contributed by atoms with E-state index in [4.69, 9.17) is 4.74 Å². The van der Waals surface area contributed by atoms with Gasteiger partial charge in [-0.25, -0.2) is 18.2 Å². The maximum Gasteiger partial charge on any atom is 0.247 e. The first kappa shape index (κ1) is 19.9. The molecule has 0 aliphatic rings. The Balaban J connectivity index is 1.40. The molecule has 2 aromatic carbocycles. The molecule has 0 aliphatic carbocycles. The number of benzene rings is 2. The number of sulfonamides is 1. The van der Waals surface area contributed by atoms with Gasteiger partial charge in [-0.05, 0) is 56.3 Å². The van der Waals surface area contributed by atoms with E-state index in [1.807, 2.05) is 18.2 Å². The molecule has 0 radical (unpaired) electrons. The second kappa shape index (κ2) is 8.13. The molecular weight excluding hydrogens is 406 g/mol. The second-order valence-electron chi connectivity index (χ2n) is 6.98. The molecule has 0 atom stereocenters. The number of fused-ring (bicyclic) bond motifs is 1. The van der Waals surface area contributed by atoms with Crippen molar-refractivity contribution >= 4 is 32.6 Å². The largest absolute Gasteiger partial charge is 0.476 e. The van der Waals surface area contributed by atoms with Crippen molar-refractivity contribution in [1.29, 1.82) is 0 Å². The molecule has 4 N–H and O–H groups in total. The van der Waals surface area contributed by atoms with Gasteiger partial charge in [-0.2, -0.15) is 15.2 Å². The topological polar surface area (TPSA) is 138 Å². The highest BCUT2D eigenvalue weighted by atomic mass is 32.2. The fraction of sp³-hybridized carbons (Fsp3) is 0.211. The van der Waals surface area contributed by atoms with Crippen LogP contribution in [0, 0.1) is 0 Å². The maximum absolute atomic E-state index is 11.8. The minimum atomic E-state index is -3.49. The number of anilines is 2. The summed E-state index contributed by atoms with van der Waals surface area (Å²) in [5.74, 6) is 0.997. The molecule has 11 heteroatoms. The van der Waals surface area contributed by atoms with Gasteiger partial charge >= 0.3 is 0 Å². The summed E-state index contributed by atoms with van der Waals surface area (Å²) in [5, 5.41) is 18.1. The van der Waals surface area contributed by atoms with Crippen LogP contribution in [0.2, 0.25) is 0 Å². The van der Waals surface area contributed by atoms with E-state index in [9.17, 15) is 8.42 Å². The summed E-state index contributed by atoms with van der Waals surface area (Å²) >= 11 is 0. The number of nitrogens with zero attached hydrogens (tertiary/aromatic N) is 3. The molecule has 0 spiro atoms. The molecular formula is C19H21N7O3S. The van der Waals surface area contributed by atoms with E-state index in [1.165, 1.54) is 0 Å². The van der Waals surface area contributed by atoms with E-state index in [-0.39, 0.29) is 6.04 Å². The molecule has 0 amide bonds.